The minimum absolute atomic E-state index is 0.0152. The van der Waals surface area contributed by atoms with Crippen molar-refractivity contribution in [2.45, 2.75) is 19.9 Å². The van der Waals surface area contributed by atoms with Crippen molar-refractivity contribution in [3.63, 3.8) is 0 Å². The number of hydrogen-bond acceptors (Lipinski definition) is 4. The van der Waals surface area contributed by atoms with Crippen LogP contribution in [0.15, 0.2) is 66.7 Å². The van der Waals surface area contributed by atoms with Crippen LogP contribution in [-0.4, -0.2) is 62.6 Å². The van der Waals surface area contributed by atoms with Crippen LogP contribution >= 0.6 is 12.2 Å². The van der Waals surface area contributed by atoms with E-state index in [-0.39, 0.29) is 11.8 Å². The Balaban J connectivity index is 1.21. The zero-order chi connectivity index (χ0) is 24.4. The highest BCUT2D eigenvalue weighted by Gasteiger charge is 2.25. The van der Waals surface area contributed by atoms with Gasteiger partial charge in [-0.15, -0.1) is 0 Å². The summed E-state index contributed by atoms with van der Waals surface area (Å²) >= 11 is 5.41. The van der Waals surface area contributed by atoms with Gasteiger partial charge in [-0.3, -0.25) is 19.3 Å². The molecule has 1 aliphatic heterocycles. The molecule has 0 saturated carbocycles. The molecule has 7 nitrogen and oxygen atoms in total. The third-order valence-electron chi connectivity index (χ3n) is 6.52. The number of rotatable bonds is 5. The SMILES string of the molecule is Cc1cccc(-c2n[nH]c(=S)n2CCC(=O)N2CCN(C(=O)c3cccc4ccccc34)CC2)c1. The van der Waals surface area contributed by atoms with Crippen LogP contribution in [-0.2, 0) is 11.3 Å². The van der Waals surface area contributed by atoms with Gasteiger partial charge < -0.3 is 9.80 Å². The third-order valence-corrected chi connectivity index (χ3v) is 6.84. The van der Waals surface area contributed by atoms with Gasteiger partial charge in [0, 0.05) is 50.3 Å². The normalized spacial score (nSPS) is 13.9. The van der Waals surface area contributed by atoms with Crippen LogP contribution in [0.3, 0.4) is 0 Å². The summed E-state index contributed by atoms with van der Waals surface area (Å²) in [5.74, 6) is 0.805. The molecule has 0 aliphatic carbocycles. The van der Waals surface area contributed by atoms with Gasteiger partial charge in [-0.25, -0.2) is 0 Å². The summed E-state index contributed by atoms with van der Waals surface area (Å²) in [6, 6.07) is 21.8. The standard InChI is InChI=1S/C27H27N5O2S/c1-19-6-4-9-21(18-19)25-28-29-27(35)32(25)13-12-24(33)30-14-16-31(17-15-30)26(34)23-11-5-8-20-7-2-3-10-22(20)23/h2-11,18H,12-17H2,1H3,(H,29,35). The molecule has 1 aliphatic rings. The Morgan fingerprint density at radius 2 is 1.66 bits per heavy atom. The van der Waals surface area contributed by atoms with Crippen molar-refractivity contribution >= 4 is 34.8 Å². The molecule has 3 aromatic carbocycles. The van der Waals surface area contributed by atoms with Gasteiger partial charge in [0.2, 0.25) is 5.91 Å². The monoisotopic (exact) mass is 485 g/mol. The molecule has 35 heavy (non-hydrogen) atoms. The first-order valence-electron chi connectivity index (χ1n) is 11.8. The minimum Gasteiger partial charge on any atom is -0.339 e. The lowest BCUT2D eigenvalue weighted by Crippen LogP contribution is -2.50. The quantitative estimate of drug-likeness (QED) is 0.424. The Morgan fingerprint density at radius 3 is 2.46 bits per heavy atom. The van der Waals surface area contributed by atoms with Crippen molar-refractivity contribution in [3.05, 3.63) is 82.6 Å². The second kappa shape index (κ2) is 9.84. The Bertz CT molecular complexity index is 1440. The minimum atomic E-state index is 0.0152. The van der Waals surface area contributed by atoms with Crippen molar-refractivity contribution < 1.29 is 9.59 Å². The molecule has 2 amide bonds. The molecular formula is C27H27N5O2S. The maximum Gasteiger partial charge on any atom is 0.254 e. The van der Waals surface area contributed by atoms with E-state index >= 15 is 0 Å². The number of hydrogen-bond donors (Lipinski definition) is 1. The van der Waals surface area contributed by atoms with Gasteiger partial charge in [0.15, 0.2) is 10.6 Å². The van der Waals surface area contributed by atoms with E-state index < -0.39 is 0 Å². The number of aryl methyl sites for hydroxylation is 1. The number of aromatic amines is 1. The molecule has 0 radical (unpaired) electrons. The zero-order valence-corrected chi connectivity index (χ0v) is 20.4. The molecule has 1 saturated heterocycles. The van der Waals surface area contributed by atoms with Crippen molar-refractivity contribution in [1.82, 2.24) is 24.6 Å². The largest absolute Gasteiger partial charge is 0.339 e. The summed E-state index contributed by atoms with van der Waals surface area (Å²) in [4.78, 5) is 29.9. The number of fused-ring (bicyclic) bond motifs is 1. The van der Waals surface area contributed by atoms with E-state index in [0.29, 0.717) is 49.5 Å². The number of aromatic nitrogens is 3. The first-order valence-corrected chi connectivity index (χ1v) is 12.2. The van der Waals surface area contributed by atoms with E-state index in [0.717, 1.165) is 27.7 Å². The van der Waals surface area contributed by atoms with Gasteiger partial charge in [0.1, 0.15) is 0 Å². The van der Waals surface area contributed by atoms with Gasteiger partial charge in [0.05, 0.1) is 0 Å². The van der Waals surface area contributed by atoms with E-state index in [1.165, 1.54) is 0 Å². The lowest BCUT2D eigenvalue weighted by Gasteiger charge is -2.35. The van der Waals surface area contributed by atoms with Crippen molar-refractivity contribution in [1.29, 1.82) is 0 Å². The maximum atomic E-state index is 13.2. The summed E-state index contributed by atoms with van der Waals surface area (Å²) in [7, 11) is 0. The number of carbonyl (C=O) groups is 2. The van der Waals surface area contributed by atoms with Gasteiger partial charge in [-0.2, -0.15) is 5.10 Å². The number of benzene rings is 3. The number of H-pyrrole nitrogens is 1. The second-order valence-electron chi connectivity index (χ2n) is 8.82. The summed E-state index contributed by atoms with van der Waals surface area (Å²) in [5.41, 5.74) is 2.81. The zero-order valence-electron chi connectivity index (χ0n) is 19.6. The molecule has 0 bridgehead atoms. The summed E-state index contributed by atoms with van der Waals surface area (Å²) in [6.45, 7) is 4.57. The topological polar surface area (TPSA) is 74.2 Å². The van der Waals surface area contributed by atoms with Crippen molar-refractivity contribution in [2.75, 3.05) is 26.2 Å². The molecule has 4 aromatic rings. The molecule has 2 heterocycles. The number of nitrogens with one attached hydrogen (secondary N) is 1. The summed E-state index contributed by atoms with van der Waals surface area (Å²) in [6.07, 6.45) is 0.323. The van der Waals surface area contributed by atoms with E-state index in [9.17, 15) is 9.59 Å². The molecular weight excluding hydrogens is 458 g/mol. The van der Waals surface area contributed by atoms with Crippen LogP contribution in [0.25, 0.3) is 22.2 Å². The fraction of sp³-hybridized carbons (Fsp3) is 0.259. The molecule has 0 atom stereocenters. The molecule has 178 valence electrons. The molecule has 0 unspecified atom stereocenters. The van der Waals surface area contributed by atoms with Crippen LogP contribution in [0.5, 0.6) is 0 Å². The molecule has 1 fully saturated rings. The van der Waals surface area contributed by atoms with E-state index in [1.807, 2.05) is 82.0 Å². The molecule has 1 aromatic heterocycles. The third kappa shape index (κ3) is 4.74. The first-order chi connectivity index (χ1) is 17.0. The molecule has 8 heteroatoms. The second-order valence-corrected chi connectivity index (χ2v) is 9.21. The van der Waals surface area contributed by atoms with Gasteiger partial charge in [-0.05, 0) is 42.0 Å². The van der Waals surface area contributed by atoms with Crippen LogP contribution in [0.4, 0.5) is 0 Å². The average molecular weight is 486 g/mol. The van der Waals surface area contributed by atoms with Gasteiger partial charge in [0.25, 0.3) is 5.91 Å². The number of carbonyl (C=O) groups excluding carboxylic acids is 2. The first kappa shape index (κ1) is 23.0. The summed E-state index contributed by atoms with van der Waals surface area (Å²) in [5, 5.41) is 9.23. The predicted molar refractivity (Wildman–Crippen MR) is 139 cm³/mol. The smallest absolute Gasteiger partial charge is 0.254 e. The van der Waals surface area contributed by atoms with Crippen molar-refractivity contribution in [2.24, 2.45) is 0 Å². The number of piperazine rings is 1. The van der Waals surface area contributed by atoms with Crippen LogP contribution in [0.1, 0.15) is 22.3 Å². The molecule has 5 rings (SSSR count). The summed E-state index contributed by atoms with van der Waals surface area (Å²) < 4.78 is 2.38. The molecule has 1 N–H and O–H groups in total. The van der Waals surface area contributed by atoms with Crippen LogP contribution in [0, 0.1) is 11.7 Å². The van der Waals surface area contributed by atoms with Gasteiger partial charge in [-0.1, -0.05) is 60.2 Å². The van der Waals surface area contributed by atoms with E-state index in [2.05, 4.69) is 16.3 Å². The van der Waals surface area contributed by atoms with Crippen molar-refractivity contribution in [3.8, 4) is 11.4 Å². The Kier molecular flexibility index (Phi) is 6.46. The fourth-order valence-electron chi connectivity index (χ4n) is 4.64. The van der Waals surface area contributed by atoms with E-state index in [4.69, 9.17) is 12.2 Å². The van der Waals surface area contributed by atoms with Gasteiger partial charge >= 0.3 is 0 Å². The lowest BCUT2D eigenvalue weighted by molar-refractivity contribution is -0.132. The highest BCUT2D eigenvalue weighted by Crippen LogP contribution is 2.22. The Labute approximate surface area is 209 Å². The number of nitrogens with zero attached hydrogens (tertiary/aromatic N) is 4. The lowest BCUT2D eigenvalue weighted by atomic mass is 10.0. The fourth-order valence-corrected chi connectivity index (χ4v) is 4.86. The highest BCUT2D eigenvalue weighted by molar-refractivity contribution is 7.71. The highest BCUT2D eigenvalue weighted by atomic mass is 32.1. The Hall–Kier alpha value is -3.78. The van der Waals surface area contributed by atoms with Crippen LogP contribution < -0.4 is 0 Å². The Morgan fingerprint density at radius 1 is 0.943 bits per heavy atom. The van der Waals surface area contributed by atoms with Crippen LogP contribution in [0.2, 0.25) is 0 Å². The average Bonchev–Trinajstić information content (AvgIpc) is 3.26. The maximum absolute atomic E-state index is 13.2. The molecule has 0 spiro atoms. The predicted octanol–water partition coefficient (Wildman–Crippen LogP) is 4.44. The van der Waals surface area contributed by atoms with E-state index in [1.54, 1.807) is 0 Å². The number of amides is 2.